The predicted octanol–water partition coefficient (Wildman–Crippen LogP) is 3.32. The molecule has 20 heavy (non-hydrogen) atoms. The molecule has 2 aromatic rings. The van der Waals surface area contributed by atoms with Crippen LogP contribution in [0.5, 0.6) is 0 Å². The molecule has 1 aromatic heterocycles. The second kappa shape index (κ2) is 6.57. The Labute approximate surface area is 123 Å². The zero-order valence-electron chi connectivity index (χ0n) is 11.6. The molecule has 5 heteroatoms. The van der Waals surface area contributed by atoms with Gasteiger partial charge in [-0.15, -0.1) is 0 Å². The highest BCUT2D eigenvalue weighted by atomic mass is 35.5. The molecule has 0 aliphatic carbocycles. The van der Waals surface area contributed by atoms with Crippen LogP contribution in [0.25, 0.3) is 0 Å². The standard InChI is InChI=1S/C15H17ClN2O2/c1-3-14-12(15(19)20-4-2)9-17-18(14)10-11-7-5-6-8-13(11)16/h5-9H,3-4,10H2,1-2H3. The Morgan fingerprint density at radius 1 is 1.35 bits per heavy atom. The van der Waals surface area contributed by atoms with Crippen LogP contribution in [0, 0.1) is 0 Å². The van der Waals surface area contributed by atoms with E-state index in [1.165, 1.54) is 0 Å². The maximum absolute atomic E-state index is 11.9. The maximum Gasteiger partial charge on any atom is 0.341 e. The third-order valence-electron chi connectivity index (χ3n) is 3.06. The van der Waals surface area contributed by atoms with Crippen LogP contribution in [0.1, 0.15) is 35.5 Å². The quantitative estimate of drug-likeness (QED) is 0.794. The molecule has 0 radical (unpaired) electrons. The van der Waals surface area contributed by atoms with Gasteiger partial charge in [0.1, 0.15) is 5.56 Å². The minimum atomic E-state index is -0.324. The summed E-state index contributed by atoms with van der Waals surface area (Å²) >= 11 is 6.16. The normalized spacial score (nSPS) is 10.6. The van der Waals surface area contributed by atoms with E-state index in [1.807, 2.05) is 31.2 Å². The second-order valence-corrected chi connectivity index (χ2v) is 4.74. The molecule has 0 bridgehead atoms. The molecule has 0 aliphatic heterocycles. The zero-order valence-corrected chi connectivity index (χ0v) is 12.4. The van der Waals surface area contributed by atoms with Crippen LogP contribution < -0.4 is 0 Å². The highest BCUT2D eigenvalue weighted by Crippen LogP contribution is 2.18. The highest BCUT2D eigenvalue weighted by Gasteiger charge is 2.17. The number of esters is 1. The fourth-order valence-electron chi connectivity index (χ4n) is 2.09. The van der Waals surface area contributed by atoms with Crippen molar-refractivity contribution in [3.05, 3.63) is 52.3 Å². The number of hydrogen-bond donors (Lipinski definition) is 0. The van der Waals surface area contributed by atoms with Crippen molar-refractivity contribution >= 4 is 17.6 Å². The fraction of sp³-hybridized carbons (Fsp3) is 0.333. The van der Waals surface area contributed by atoms with Crippen molar-refractivity contribution in [1.29, 1.82) is 0 Å². The van der Waals surface area contributed by atoms with Crippen molar-refractivity contribution in [2.24, 2.45) is 0 Å². The van der Waals surface area contributed by atoms with E-state index >= 15 is 0 Å². The molecule has 0 fully saturated rings. The maximum atomic E-state index is 11.9. The lowest BCUT2D eigenvalue weighted by molar-refractivity contribution is 0.0525. The van der Waals surface area contributed by atoms with Gasteiger partial charge in [-0.1, -0.05) is 36.7 Å². The van der Waals surface area contributed by atoms with Gasteiger partial charge in [-0.3, -0.25) is 4.68 Å². The first-order valence-corrected chi connectivity index (χ1v) is 7.00. The summed E-state index contributed by atoms with van der Waals surface area (Å²) in [7, 11) is 0. The van der Waals surface area contributed by atoms with Crippen molar-refractivity contribution in [2.45, 2.75) is 26.8 Å². The van der Waals surface area contributed by atoms with E-state index in [0.717, 1.165) is 11.3 Å². The van der Waals surface area contributed by atoms with Gasteiger partial charge in [0.15, 0.2) is 0 Å². The molecule has 2 rings (SSSR count). The molecule has 0 atom stereocenters. The number of halogens is 1. The molecule has 0 saturated heterocycles. The average Bonchev–Trinajstić information content (AvgIpc) is 2.84. The first-order chi connectivity index (χ1) is 9.67. The first-order valence-electron chi connectivity index (χ1n) is 6.62. The van der Waals surface area contributed by atoms with Crippen LogP contribution in [0.2, 0.25) is 5.02 Å². The first kappa shape index (κ1) is 14.6. The molecule has 1 heterocycles. The summed E-state index contributed by atoms with van der Waals surface area (Å²) in [6.45, 7) is 4.68. The van der Waals surface area contributed by atoms with Gasteiger partial charge in [0.25, 0.3) is 0 Å². The summed E-state index contributed by atoms with van der Waals surface area (Å²) in [6, 6.07) is 7.62. The highest BCUT2D eigenvalue weighted by molar-refractivity contribution is 6.31. The molecular formula is C15H17ClN2O2. The Hall–Kier alpha value is -1.81. The number of rotatable bonds is 5. The van der Waals surface area contributed by atoms with Crippen molar-refractivity contribution in [3.8, 4) is 0 Å². The third kappa shape index (κ3) is 3.02. The Balaban J connectivity index is 2.29. The van der Waals surface area contributed by atoms with Crippen molar-refractivity contribution in [3.63, 3.8) is 0 Å². The van der Waals surface area contributed by atoms with E-state index in [9.17, 15) is 4.79 Å². The number of hydrogen-bond acceptors (Lipinski definition) is 3. The Bertz CT molecular complexity index is 608. The largest absolute Gasteiger partial charge is 0.462 e. The lowest BCUT2D eigenvalue weighted by atomic mass is 10.2. The number of carbonyl (C=O) groups is 1. The van der Waals surface area contributed by atoms with Crippen molar-refractivity contribution in [2.75, 3.05) is 6.61 Å². The SMILES string of the molecule is CCOC(=O)c1cnn(Cc2ccccc2Cl)c1CC. The second-order valence-electron chi connectivity index (χ2n) is 4.33. The Kier molecular flexibility index (Phi) is 4.79. The van der Waals surface area contributed by atoms with Crippen LogP contribution in [0.15, 0.2) is 30.5 Å². The predicted molar refractivity (Wildman–Crippen MR) is 78.1 cm³/mol. The summed E-state index contributed by atoms with van der Waals surface area (Å²) in [5, 5.41) is 4.98. The van der Waals surface area contributed by atoms with Crippen LogP contribution in [0.3, 0.4) is 0 Å². The van der Waals surface area contributed by atoms with E-state index in [2.05, 4.69) is 5.10 Å². The Morgan fingerprint density at radius 3 is 2.75 bits per heavy atom. The van der Waals surface area contributed by atoms with Crippen LogP contribution in [0.4, 0.5) is 0 Å². The van der Waals surface area contributed by atoms with Gasteiger partial charge in [0.05, 0.1) is 25.0 Å². The summed E-state index contributed by atoms with van der Waals surface area (Å²) in [4.78, 5) is 11.9. The Morgan fingerprint density at radius 2 is 2.10 bits per heavy atom. The third-order valence-corrected chi connectivity index (χ3v) is 3.43. The van der Waals surface area contributed by atoms with E-state index in [0.29, 0.717) is 30.2 Å². The molecule has 0 N–H and O–H groups in total. The fourth-order valence-corrected chi connectivity index (χ4v) is 2.28. The van der Waals surface area contributed by atoms with E-state index in [4.69, 9.17) is 16.3 Å². The lowest BCUT2D eigenvalue weighted by Crippen LogP contribution is -2.11. The van der Waals surface area contributed by atoms with Crippen LogP contribution >= 0.6 is 11.6 Å². The summed E-state index contributed by atoms with van der Waals surface area (Å²) in [5.41, 5.74) is 2.37. The average molecular weight is 293 g/mol. The molecule has 4 nitrogen and oxygen atoms in total. The van der Waals surface area contributed by atoms with Gasteiger partial charge in [-0.25, -0.2) is 4.79 Å². The van der Waals surface area contributed by atoms with Crippen molar-refractivity contribution < 1.29 is 9.53 Å². The number of nitrogens with zero attached hydrogens (tertiary/aromatic N) is 2. The summed E-state index contributed by atoms with van der Waals surface area (Å²) in [6.07, 6.45) is 2.27. The molecule has 1 aromatic carbocycles. The van der Waals surface area contributed by atoms with Gasteiger partial charge < -0.3 is 4.74 Å². The molecule has 0 amide bonds. The smallest absolute Gasteiger partial charge is 0.341 e. The topological polar surface area (TPSA) is 44.1 Å². The molecular weight excluding hydrogens is 276 g/mol. The van der Waals surface area contributed by atoms with E-state index in [-0.39, 0.29) is 5.97 Å². The molecule has 0 unspecified atom stereocenters. The van der Waals surface area contributed by atoms with Gasteiger partial charge in [-0.05, 0) is 25.0 Å². The van der Waals surface area contributed by atoms with Crippen molar-refractivity contribution in [1.82, 2.24) is 9.78 Å². The van der Waals surface area contributed by atoms with Gasteiger partial charge in [0, 0.05) is 5.02 Å². The molecule has 0 spiro atoms. The van der Waals surface area contributed by atoms with Gasteiger partial charge in [0.2, 0.25) is 0 Å². The molecule has 0 saturated carbocycles. The van der Waals surface area contributed by atoms with E-state index < -0.39 is 0 Å². The zero-order chi connectivity index (χ0) is 14.5. The van der Waals surface area contributed by atoms with E-state index in [1.54, 1.807) is 17.8 Å². The lowest BCUT2D eigenvalue weighted by Gasteiger charge is -2.09. The number of carbonyl (C=O) groups excluding carboxylic acids is 1. The number of ether oxygens (including phenoxy) is 1. The summed E-state index contributed by atoms with van der Waals surface area (Å²) in [5.74, 6) is -0.324. The van der Waals surface area contributed by atoms with Gasteiger partial charge in [-0.2, -0.15) is 5.10 Å². The monoisotopic (exact) mass is 292 g/mol. The van der Waals surface area contributed by atoms with Gasteiger partial charge >= 0.3 is 5.97 Å². The minimum absolute atomic E-state index is 0.324. The number of aromatic nitrogens is 2. The minimum Gasteiger partial charge on any atom is -0.462 e. The van der Waals surface area contributed by atoms with Crippen LogP contribution in [-0.2, 0) is 17.7 Å². The summed E-state index contributed by atoms with van der Waals surface area (Å²) < 4.78 is 6.84. The van der Waals surface area contributed by atoms with Crippen LogP contribution in [-0.4, -0.2) is 22.4 Å². The molecule has 0 aliphatic rings. The number of benzene rings is 1. The molecule has 106 valence electrons.